The third-order valence-electron chi connectivity index (χ3n) is 3.68. The Morgan fingerprint density at radius 1 is 1.29 bits per heavy atom. The van der Waals surface area contributed by atoms with Crippen LogP contribution < -0.4 is 0 Å². The predicted octanol–water partition coefficient (Wildman–Crippen LogP) is 3.46. The maximum atomic E-state index is 12.0. The first kappa shape index (κ1) is 15.8. The number of benzene rings is 1. The molecule has 0 aromatic heterocycles. The fourth-order valence-corrected chi connectivity index (χ4v) is 2.34. The van der Waals surface area contributed by atoms with Crippen LogP contribution in [0.4, 0.5) is 4.79 Å². The minimum absolute atomic E-state index is 0.177. The molecule has 1 aromatic rings. The van der Waals surface area contributed by atoms with Gasteiger partial charge in [-0.05, 0) is 33.3 Å². The van der Waals surface area contributed by atoms with Crippen molar-refractivity contribution >= 4 is 6.09 Å². The first-order chi connectivity index (χ1) is 9.87. The van der Waals surface area contributed by atoms with E-state index in [1.54, 1.807) is 4.90 Å². The SMILES string of the molecule is C[C@@H]1[C@H](COCc2ccccc2)CN1C(=O)OC(C)(C)C. The Morgan fingerprint density at radius 3 is 2.52 bits per heavy atom. The van der Waals surface area contributed by atoms with Crippen molar-refractivity contribution in [3.8, 4) is 0 Å². The van der Waals surface area contributed by atoms with E-state index in [9.17, 15) is 4.79 Å². The van der Waals surface area contributed by atoms with Crippen molar-refractivity contribution in [1.82, 2.24) is 4.90 Å². The van der Waals surface area contributed by atoms with Crippen LogP contribution in [-0.4, -0.2) is 35.8 Å². The van der Waals surface area contributed by atoms with E-state index in [1.165, 1.54) is 5.56 Å². The van der Waals surface area contributed by atoms with Gasteiger partial charge in [-0.25, -0.2) is 4.79 Å². The Bertz CT molecular complexity index is 467. The maximum Gasteiger partial charge on any atom is 0.410 e. The highest BCUT2D eigenvalue weighted by Crippen LogP contribution is 2.27. The second kappa shape index (κ2) is 6.48. The lowest BCUT2D eigenvalue weighted by Crippen LogP contribution is -2.59. The average molecular weight is 291 g/mol. The molecule has 1 amide bonds. The summed E-state index contributed by atoms with van der Waals surface area (Å²) in [6.45, 7) is 9.71. The highest BCUT2D eigenvalue weighted by molar-refractivity contribution is 5.69. The number of amides is 1. The van der Waals surface area contributed by atoms with Crippen molar-refractivity contribution in [2.45, 2.75) is 45.9 Å². The number of ether oxygens (including phenoxy) is 2. The summed E-state index contributed by atoms with van der Waals surface area (Å²) in [7, 11) is 0. The molecule has 0 radical (unpaired) electrons. The van der Waals surface area contributed by atoms with Crippen LogP contribution in [0.5, 0.6) is 0 Å². The van der Waals surface area contributed by atoms with E-state index in [-0.39, 0.29) is 12.1 Å². The molecule has 21 heavy (non-hydrogen) atoms. The minimum Gasteiger partial charge on any atom is -0.444 e. The molecule has 0 saturated carbocycles. The van der Waals surface area contributed by atoms with Crippen molar-refractivity contribution in [2.75, 3.05) is 13.2 Å². The third-order valence-corrected chi connectivity index (χ3v) is 3.68. The molecule has 2 atom stereocenters. The van der Waals surface area contributed by atoms with Gasteiger partial charge in [0.2, 0.25) is 0 Å². The number of hydrogen-bond acceptors (Lipinski definition) is 3. The summed E-state index contributed by atoms with van der Waals surface area (Å²) in [5.41, 5.74) is 0.736. The zero-order valence-corrected chi connectivity index (χ0v) is 13.3. The van der Waals surface area contributed by atoms with Crippen molar-refractivity contribution in [1.29, 1.82) is 0 Å². The number of nitrogens with zero attached hydrogens (tertiary/aromatic N) is 1. The molecule has 1 aliphatic heterocycles. The molecule has 4 nitrogen and oxygen atoms in total. The lowest BCUT2D eigenvalue weighted by molar-refractivity contribution is -0.0513. The van der Waals surface area contributed by atoms with E-state index in [4.69, 9.17) is 9.47 Å². The lowest BCUT2D eigenvalue weighted by Gasteiger charge is -2.46. The van der Waals surface area contributed by atoms with Gasteiger partial charge in [0.15, 0.2) is 0 Å². The first-order valence-electron chi connectivity index (χ1n) is 7.48. The Kier molecular flexibility index (Phi) is 4.88. The molecule has 0 spiro atoms. The summed E-state index contributed by atoms with van der Waals surface area (Å²) >= 11 is 0. The smallest absolute Gasteiger partial charge is 0.410 e. The molecule has 0 N–H and O–H groups in total. The van der Waals surface area contributed by atoms with Crippen LogP contribution in [0.3, 0.4) is 0 Å². The molecule has 116 valence electrons. The first-order valence-corrected chi connectivity index (χ1v) is 7.48. The summed E-state index contributed by atoms with van der Waals surface area (Å²) in [6.07, 6.45) is -0.227. The van der Waals surface area contributed by atoms with Gasteiger partial charge in [-0.15, -0.1) is 0 Å². The van der Waals surface area contributed by atoms with Crippen LogP contribution >= 0.6 is 0 Å². The molecule has 0 aliphatic carbocycles. The fraction of sp³-hybridized carbons (Fsp3) is 0.588. The third kappa shape index (κ3) is 4.46. The molecule has 0 bridgehead atoms. The van der Waals surface area contributed by atoms with Gasteiger partial charge in [0.05, 0.1) is 13.2 Å². The van der Waals surface area contributed by atoms with Crippen LogP contribution in [0.15, 0.2) is 30.3 Å². The zero-order chi connectivity index (χ0) is 15.5. The van der Waals surface area contributed by atoms with Crippen LogP contribution in [0, 0.1) is 5.92 Å². The standard InChI is InChI=1S/C17H25NO3/c1-13-15(10-18(13)16(19)21-17(2,3)4)12-20-11-14-8-6-5-7-9-14/h5-9,13,15H,10-12H2,1-4H3/t13-,15+/m1/s1. The van der Waals surface area contributed by atoms with Gasteiger partial charge in [-0.2, -0.15) is 0 Å². The summed E-state index contributed by atoms with van der Waals surface area (Å²) in [4.78, 5) is 13.7. The van der Waals surface area contributed by atoms with Crippen molar-refractivity contribution < 1.29 is 14.3 Å². The second-order valence-electron chi connectivity index (χ2n) is 6.63. The van der Waals surface area contributed by atoms with Crippen LogP contribution in [0.25, 0.3) is 0 Å². The fourth-order valence-electron chi connectivity index (χ4n) is 2.34. The topological polar surface area (TPSA) is 38.8 Å². The zero-order valence-electron chi connectivity index (χ0n) is 13.3. The molecule has 1 heterocycles. The molecule has 1 aromatic carbocycles. The van der Waals surface area contributed by atoms with E-state index in [0.29, 0.717) is 25.7 Å². The van der Waals surface area contributed by atoms with Crippen molar-refractivity contribution in [3.05, 3.63) is 35.9 Å². The molecule has 1 aliphatic rings. The van der Waals surface area contributed by atoms with Crippen molar-refractivity contribution in [2.24, 2.45) is 5.92 Å². The van der Waals surface area contributed by atoms with Gasteiger partial charge in [0.25, 0.3) is 0 Å². The van der Waals surface area contributed by atoms with Gasteiger partial charge in [0, 0.05) is 18.5 Å². The predicted molar refractivity (Wildman–Crippen MR) is 82.0 cm³/mol. The van der Waals surface area contributed by atoms with Crippen molar-refractivity contribution in [3.63, 3.8) is 0 Å². The summed E-state index contributed by atoms with van der Waals surface area (Å²) < 4.78 is 11.1. The van der Waals surface area contributed by atoms with E-state index < -0.39 is 5.60 Å². The normalized spacial score (nSPS) is 21.8. The Hall–Kier alpha value is -1.55. The largest absolute Gasteiger partial charge is 0.444 e. The van der Waals surface area contributed by atoms with Crippen LogP contribution in [-0.2, 0) is 16.1 Å². The lowest BCUT2D eigenvalue weighted by atomic mass is 9.91. The second-order valence-corrected chi connectivity index (χ2v) is 6.63. The van der Waals surface area contributed by atoms with Gasteiger partial charge < -0.3 is 14.4 Å². The number of likely N-dealkylation sites (tertiary alicyclic amines) is 1. The molecule has 1 fully saturated rings. The quantitative estimate of drug-likeness (QED) is 0.852. The van der Waals surface area contributed by atoms with Gasteiger partial charge in [-0.3, -0.25) is 0 Å². The summed E-state index contributed by atoms with van der Waals surface area (Å²) in [5.74, 6) is 0.390. The number of hydrogen-bond donors (Lipinski definition) is 0. The molecule has 1 saturated heterocycles. The van der Waals surface area contributed by atoms with Crippen LogP contribution in [0.2, 0.25) is 0 Å². The van der Waals surface area contributed by atoms with Crippen LogP contribution in [0.1, 0.15) is 33.3 Å². The maximum absolute atomic E-state index is 12.0. The monoisotopic (exact) mass is 291 g/mol. The summed E-state index contributed by atoms with van der Waals surface area (Å²) in [6, 6.07) is 10.3. The number of carbonyl (C=O) groups excluding carboxylic acids is 1. The van der Waals surface area contributed by atoms with E-state index in [0.717, 1.165) is 0 Å². The van der Waals surface area contributed by atoms with E-state index >= 15 is 0 Å². The van der Waals surface area contributed by atoms with Gasteiger partial charge >= 0.3 is 6.09 Å². The minimum atomic E-state index is -0.439. The highest BCUT2D eigenvalue weighted by atomic mass is 16.6. The average Bonchev–Trinajstić information content (AvgIpc) is 2.40. The molecular formula is C17H25NO3. The molecule has 4 heteroatoms. The Morgan fingerprint density at radius 2 is 1.95 bits per heavy atom. The van der Waals surface area contributed by atoms with E-state index in [2.05, 4.69) is 12.1 Å². The number of rotatable bonds is 4. The van der Waals surface area contributed by atoms with Gasteiger partial charge in [-0.1, -0.05) is 30.3 Å². The molecule has 2 rings (SSSR count). The Labute approximate surface area is 127 Å². The number of carbonyl (C=O) groups is 1. The van der Waals surface area contributed by atoms with Gasteiger partial charge in [0.1, 0.15) is 5.60 Å². The molecule has 0 unspecified atom stereocenters. The summed E-state index contributed by atoms with van der Waals surface area (Å²) in [5, 5.41) is 0. The highest BCUT2D eigenvalue weighted by Gasteiger charge is 2.40. The molecular weight excluding hydrogens is 266 g/mol. The van der Waals surface area contributed by atoms with E-state index in [1.807, 2.05) is 45.9 Å². The Balaban J connectivity index is 1.70.